The van der Waals surface area contributed by atoms with Crippen molar-refractivity contribution in [2.75, 3.05) is 0 Å². The third-order valence-corrected chi connectivity index (χ3v) is 7.81. The van der Waals surface area contributed by atoms with Crippen LogP contribution in [-0.2, 0) is 32.7 Å². The summed E-state index contributed by atoms with van der Waals surface area (Å²) in [6.45, 7) is 6.64. The predicted molar refractivity (Wildman–Crippen MR) is 101 cm³/mol. The van der Waals surface area contributed by atoms with Gasteiger partial charge >= 0.3 is 0 Å². The SMILES string of the molecule is [CH2-]C1CCC(CC2CCC(CC3CCC(CC)CC3)CC2)CC1.[Y]. The Morgan fingerprint density at radius 1 is 0.542 bits per heavy atom. The fourth-order valence-corrected chi connectivity index (χ4v) is 5.99. The van der Waals surface area contributed by atoms with Gasteiger partial charge in [0.05, 0.1) is 0 Å². The molecule has 3 aliphatic carbocycles. The van der Waals surface area contributed by atoms with E-state index in [1.807, 2.05) is 0 Å². The summed E-state index contributed by atoms with van der Waals surface area (Å²) in [5.41, 5.74) is 0. The molecule has 0 amide bonds. The molecule has 3 saturated carbocycles. The zero-order chi connectivity index (χ0) is 16.1. The summed E-state index contributed by atoms with van der Waals surface area (Å²) in [6, 6.07) is 0. The Balaban J connectivity index is 0.00000208. The summed E-state index contributed by atoms with van der Waals surface area (Å²) in [6.07, 6.45) is 22.7. The molecule has 0 spiro atoms. The van der Waals surface area contributed by atoms with Crippen LogP contribution in [0.25, 0.3) is 0 Å². The molecule has 3 rings (SSSR count). The van der Waals surface area contributed by atoms with Crippen molar-refractivity contribution in [1.29, 1.82) is 0 Å². The molecule has 0 aliphatic heterocycles. The number of hydrogen-bond acceptors (Lipinski definition) is 0. The van der Waals surface area contributed by atoms with Gasteiger partial charge in [-0.2, -0.15) is 5.92 Å². The molecular weight excluding hydrogens is 365 g/mol. The smallest absolute Gasteiger partial charge is 0 e. The van der Waals surface area contributed by atoms with Crippen LogP contribution < -0.4 is 0 Å². The molecule has 0 aromatic carbocycles. The first-order valence-corrected chi connectivity index (χ1v) is 11.1. The van der Waals surface area contributed by atoms with Gasteiger partial charge in [0.15, 0.2) is 0 Å². The summed E-state index contributed by atoms with van der Waals surface area (Å²) in [5.74, 6) is 6.14. The topological polar surface area (TPSA) is 0 Å². The summed E-state index contributed by atoms with van der Waals surface area (Å²) in [4.78, 5) is 0. The van der Waals surface area contributed by atoms with E-state index in [1.54, 1.807) is 51.4 Å². The third kappa shape index (κ3) is 6.68. The summed E-state index contributed by atoms with van der Waals surface area (Å²) < 4.78 is 0. The van der Waals surface area contributed by atoms with Gasteiger partial charge in [-0.05, 0) is 42.4 Å². The van der Waals surface area contributed by atoms with Crippen molar-refractivity contribution in [2.24, 2.45) is 35.5 Å². The molecule has 0 aromatic rings. The van der Waals surface area contributed by atoms with Gasteiger partial charge in [0, 0.05) is 32.7 Å². The van der Waals surface area contributed by atoms with Crippen LogP contribution in [0, 0.1) is 42.4 Å². The van der Waals surface area contributed by atoms with Gasteiger partial charge < -0.3 is 6.92 Å². The summed E-state index contributed by atoms with van der Waals surface area (Å²) in [7, 11) is 0. The second-order valence-corrected chi connectivity index (χ2v) is 9.54. The predicted octanol–water partition coefficient (Wildman–Crippen LogP) is 7.43. The standard InChI is InChI=1S/C23H41.Y/c1-3-19-8-10-21(11-9-19)17-23-14-12-22(13-15-23)16-20-6-4-18(2)5-7-20;/h18-23H,2-17H2,1H3;/q-1;. The van der Waals surface area contributed by atoms with E-state index in [1.165, 1.54) is 44.9 Å². The fourth-order valence-electron chi connectivity index (χ4n) is 5.99. The van der Waals surface area contributed by atoms with Crippen LogP contribution in [-0.4, -0.2) is 0 Å². The minimum Gasteiger partial charge on any atom is -0.340 e. The molecule has 137 valence electrons. The molecular formula is C23H41Y-. The molecule has 0 unspecified atom stereocenters. The van der Waals surface area contributed by atoms with Gasteiger partial charge in [-0.15, -0.1) is 0 Å². The van der Waals surface area contributed by atoms with Crippen LogP contribution in [0.5, 0.6) is 0 Å². The van der Waals surface area contributed by atoms with Crippen molar-refractivity contribution in [3.63, 3.8) is 0 Å². The third-order valence-electron chi connectivity index (χ3n) is 7.81. The van der Waals surface area contributed by atoms with Crippen LogP contribution in [0.15, 0.2) is 0 Å². The number of hydrogen-bond donors (Lipinski definition) is 0. The zero-order valence-corrected chi connectivity index (χ0v) is 19.2. The van der Waals surface area contributed by atoms with E-state index in [-0.39, 0.29) is 32.7 Å². The Morgan fingerprint density at radius 3 is 1.17 bits per heavy atom. The Bertz CT molecular complexity index is 315. The second kappa shape index (κ2) is 11.1. The minimum atomic E-state index is 0. The van der Waals surface area contributed by atoms with Gasteiger partial charge in [0.25, 0.3) is 0 Å². The second-order valence-electron chi connectivity index (χ2n) is 9.54. The van der Waals surface area contributed by atoms with E-state index < -0.39 is 0 Å². The van der Waals surface area contributed by atoms with Gasteiger partial charge in [-0.25, -0.2) is 0 Å². The monoisotopic (exact) mass is 406 g/mol. The maximum Gasteiger partial charge on any atom is 0 e. The van der Waals surface area contributed by atoms with Crippen molar-refractivity contribution in [3.8, 4) is 0 Å². The van der Waals surface area contributed by atoms with E-state index >= 15 is 0 Å². The van der Waals surface area contributed by atoms with Gasteiger partial charge in [0.2, 0.25) is 0 Å². The Morgan fingerprint density at radius 2 is 0.833 bits per heavy atom. The van der Waals surface area contributed by atoms with Crippen LogP contribution >= 0.6 is 0 Å². The zero-order valence-electron chi connectivity index (χ0n) is 16.4. The average molecular weight is 406 g/mol. The van der Waals surface area contributed by atoms with Crippen LogP contribution in [0.1, 0.15) is 103 Å². The van der Waals surface area contributed by atoms with Gasteiger partial charge in [0.1, 0.15) is 0 Å². The molecule has 0 saturated heterocycles. The molecule has 3 fully saturated rings. The maximum absolute atomic E-state index is 4.25. The van der Waals surface area contributed by atoms with E-state index in [0.717, 1.165) is 35.5 Å². The van der Waals surface area contributed by atoms with E-state index in [9.17, 15) is 0 Å². The van der Waals surface area contributed by atoms with E-state index in [2.05, 4.69) is 13.8 Å². The van der Waals surface area contributed by atoms with Crippen LogP contribution in [0.4, 0.5) is 0 Å². The van der Waals surface area contributed by atoms with Crippen molar-refractivity contribution in [3.05, 3.63) is 6.92 Å². The van der Waals surface area contributed by atoms with E-state index in [0.29, 0.717) is 0 Å². The molecule has 1 radical (unpaired) electrons. The van der Waals surface area contributed by atoms with E-state index in [4.69, 9.17) is 0 Å². The molecule has 0 heterocycles. The van der Waals surface area contributed by atoms with Crippen molar-refractivity contribution in [2.45, 2.75) is 103 Å². The normalized spacial score (nSPS) is 40.8. The first-order valence-electron chi connectivity index (χ1n) is 11.1. The van der Waals surface area contributed by atoms with Crippen molar-refractivity contribution in [1.82, 2.24) is 0 Å². The van der Waals surface area contributed by atoms with Crippen molar-refractivity contribution >= 4 is 0 Å². The minimum absolute atomic E-state index is 0. The Labute approximate surface area is 177 Å². The number of rotatable bonds is 5. The molecule has 24 heavy (non-hydrogen) atoms. The quantitative estimate of drug-likeness (QED) is 0.417. The Hall–Kier alpha value is 1.10. The fraction of sp³-hybridized carbons (Fsp3) is 0.957. The largest absolute Gasteiger partial charge is 0.340 e. The van der Waals surface area contributed by atoms with Gasteiger partial charge in [-0.1, -0.05) is 90.4 Å². The van der Waals surface area contributed by atoms with Gasteiger partial charge in [-0.3, -0.25) is 0 Å². The Kier molecular flexibility index (Phi) is 9.87. The maximum atomic E-state index is 4.25. The van der Waals surface area contributed by atoms with Crippen LogP contribution in [0.2, 0.25) is 0 Å². The molecule has 0 aromatic heterocycles. The molecule has 0 N–H and O–H groups in total. The first kappa shape index (κ1) is 21.4. The van der Waals surface area contributed by atoms with Crippen LogP contribution in [0.3, 0.4) is 0 Å². The molecule has 0 nitrogen and oxygen atoms in total. The summed E-state index contributed by atoms with van der Waals surface area (Å²) >= 11 is 0. The summed E-state index contributed by atoms with van der Waals surface area (Å²) in [5, 5.41) is 0. The first-order chi connectivity index (χ1) is 11.2. The molecule has 0 bridgehead atoms. The molecule has 3 aliphatic rings. The molecule has 0 atom stereocenters. The van der Waals surface area contributed by atoms with Crippen molar-refractivity contribution < 1.29 is 32.7 Å². The molecule has 1 heteroatoms. The average Bonchev–Trinajstić information content (AvgIpc) is 2.59.